The summed E-state index contributed by atoms with van der Waals surface area (Å²) in [7, 11) is -4.16. The van der Waals surface area contributed by atoms with Gasteiger partial charge in [-0.05, 0) is 66.5 Å². The number of carbonyl (C=O) groups is 3. The highest BCUT2D eigenvalue weighted by Gasteiger charge is 2.38. The molecule has 33 heavy (non-hydrogen) atoms. The molecule has 1 fully saturated rings. The first-order valence-corrected chi connectivity index (χ1v) is 13.0. The molecule has 1 aromatic carbocycles. The number of fused-ring (bicyclic) bond motifs is 1. The van der Waals surface area contributed by atoms with Crippen LogP contribution in [0.4, 0.5) is 0 Å². The highest BCUT2D eigenvalue weighted by atomic mass is 32.2. The van der Waals surface area contributed by atoms with Gasteiger partial charge in [-0.25, -0.2) is 13.1 Å². The van der Waals surface area contributed by atoms with E-state index >= 15 is 0 Å². The second-order valence-electron chi connectivity index (χ2n) is 9.77. The number of rotatable bonds is 5. The Morgan fingerprint density at radius 1 is 1.12 bits per heavy atom. The molecular weight excluding hydrogens is 462 g/mol. The summed E-state index contributed by atoms with van der Waals surface area (Å²) in [6.07, 6.45) is 1.81. The molecule has 3 N–H and O–H groups in total. The van der Waals surface area contributed by atoms with E-state index in [0.717, 1.165) is 24.2 Å². The van der Waals surface area contributed by atoms with Crippen LogP contribution in [0.1, 0.15) is 75.1 Å². The molecule has 0 saturated heterocycles. The lowest BCUT2D eigenvalue weighted by atomic mass is 9.66. The molecule has 1 aliphatic heterocycles. The Balaban J connectivity index is 1.44. The van der Waals surface area contributed by atoms with Crippen LogP contribution in [-0.4, -0.2) is 32.2 Å². The highest BCUT2D eigenvalue weighted by Crippen LogP contribution is 2.41. The summed E-state index contributed by atoms with van der Waals surface area (Å²) in [6, 6.07) is 5.90. The van der Waals surface area contributed by atoms with Gasteiger partial charge in [-0.1, -0.05) is 20.8 Å². The van der Waals surface area contributed by atoms with Gasteiger partial charge in [0, 0.05) is 23.7 Å². The summed E-state index contributed by atoms with van der Waals surface area (Å²) in [5.74, 6) is -0.762. The first kappa shape index (κ1) is 23.4. The number of hydrogen-bond acceptors (Lipinski definition) is 6. The largest absolute Gasteiger partial charge is 0.349 e. The maximum absolute atomic E-state index is 12.8. The third-order valence-corrected chi connectivity index (χ3v) is 9.38. The van der Waals surface area contributed by atoms with Gasteiger partial charge in [0.05, 0.1) is 4.88 Å². The number of thiophene rings is 1. The van der Waals surface area contributed by atoms with Crippen molar-refractivity contribution >= 4 is 39.1 Å². The smallest absolute Gasteiger partial charge is 0.273 e. The van der Waals surface area contributed by atoms with E-state index in [2.05, 4.69) is 36.1 Å². The molecule has 4 rings (SSSR count). The molecule has 1 aromatic heterocycles. The zero-order valence-corrected chi connectivity index (χ0v) is 20.6. The van der Waals surface area contributed by atoms with Crippen LogP contribution >= 0.6 is 11.3 Å². The van der Waals surface area contributed by atoms with E-state index in [1.165, 1.54) is 24.3 Å². The average Bonchev–Trinajstić information content (AvgIpc) is 3.26. The average molecular weight is 490 g/mol. The Bertz CT molecular complexity index is 1250. The van der Waals surface area contributed by atoms with Gasteiger partial charge in [0.2, 0.25) is 0 Å². The van der Waals surface area contributed by atoms with Crippen molar-refractivity contribution in [1.82, 2.24) is 15.4 Å². The van der Waals surface area contributed by atoms with Crippen molar-refractivity contribution in [3.63, 3.8) is 0 Å². The molecule has 1 aliphatic carbocycles. The Hall–Kier alpha value is -2.72. The summed E-state index contributed by atoms with van der Waals surface area (Å²) in [4.78, 5) is 37.3. The zero-order chi connectivity index (χ0) is 24.1. The molecule has 2 aliphatic rings. The number of nitrogens with one attached hydrogen (secondary N) is 3. The lowest BCUT2D eigenvalue weighted by Crippen LogP contribution is -2.48. The minimum absolute atomic E-state index is 0.0872. The maximum atomic E-state index is 12.8. The Morgan fingerprint density at radius 3 is 2.48 bits per heavy atom. The molecule has 2 heterocycles. The van der Waals surface area contributed by atoms with Crippen LogP contribution in [0.25, 0.3) is 0 Å². The van der Waals surface area contributed by atoms with Crippen LogP contribution < -0.4 is 15.4 Å². The molecule has 1 saturated carbocycles. The number of carbonyl (C=O) groups excluding carboxylic acids is 3. The van der Waals surface area contributed by atoms with E-state index < -0.39 is 15.9 Å². The maximum Gasteiger partial charge on any atom is 0.273 e. The van der Waals surface area contributed by atoms with Crippen LogP contribution in [0.3, 0.4) is 0 Å². The van der Waals surface area contributed by atoms with Gasteiger partial charge in [0.25, 0.3) is 27.7 Å². The molecule has 8 nitrogen and oxygen atoms in total. The number of aryl methyl sites for hydroxylation is 1. The number of benzene rings is 1. The molecular formula is C23H27N3O5S2. The predicted molar refractivity (Wildman–Crippen MR) is 125 cm³/mol. The number of hydrogen-bond donors (Lipinski definition) is 3. The second kappa shape index (κ2) is 8.25. The Kier molecular flexibility index (Phi) is 5.86. The van der Waals surface area contributed by atoms with Gasteiger partial charge in [0.15, 0.2) is 0 Å². The molecule has 176 valence electrons. The Labute approximate surface area is 197 Å². The van der Waals surface area contributed by atoms with Crippen LogP contribution in [-0.2, 0) is 16.6 Å². The standard InChI is InChI=1S/C23H27N3O5S2/c1-12-7-18(32-19(12)22(29)25-16-9-15(10-16)23(2,3)4)33(30,31)26-20(27)13-5-6-17-14(8-13)11-24-21(17)28/h5-8,15-16H,9-11H2,1-4H3,(H,24,28)(H,25,29)(H,26,27). The van der Waals surface area contributed by atoms with E-state index in [1.807, 2.05) is 0 Å². The Morgan fingerprint density at radius 2 is 1.82 bits per heavy atom. The van der Waals surface area contributed by atoms with E-state index in [-0.39, 0.29) is 33.0 Å². The molecule has 2 aromatic rings. The summed E-state index contributed by atoms with van der Waals surface area (Å²) in [5.41, 5.74) is 1.99. The van der Waals surface area contributed by atoms with E-state index in [4.69, 9.17) is 0 Å². The highest BCUT2D eigenvalue weighted by molar-refractivity contribution is 7.92. The van der Waals surface area contributed by atoms with Gasteiger partial charge in [-0.15, -0.1) is 11.3 Å². The third kappa shape index (κ3) is 4.67. The molecule has 0 bridgehead atoms. The van der Waals surface area contributed by atoms with Crippen molar-refractivity contribution in [1.29, 1.82) is 0 Å². The quantitative estimate of drug-likeness (QED) is 0.596. The fourth-order valence-corrected chi connectivity index (χ4v) is 6.53. The lowest BCUT2D eigenvalue weighted by molar-refractivity contribution is 0.0748. The van der Waals surface area contributed by atoms with Crippen molar-refractivity contribution in [3.05, 3.63) is 51.4 Å². The minimum atomic E-state index is -4.16. The molecule has 0 atom stereocenters. The van der Waals surface area contributed by atoms with Crippen molar-refractivity contribution in [2.75, 3.05) is 0 Å². The van der Waals surface area contributed by atoms with Gasteiger partial charge in [-0.2, -0.15) is 0 Å². The molecule has 3 amide bonds. The molecule has 0 spiro atoms. The first-order chi connectivity index (χ1) is 15.3. The minimum Gasteiger partial charge on any atom is -0.349 e. The second-order valence-corrected chi connectivity index (χ2v) is 12.7. The summed E-state index contributed by atoms with van der Waals surface area (Å²) >= 11 is 0.846. The van der Waals surface area contributed by atoms with Crippen molar-refractivity contribution < 1.29 is 22.8 Å². The summed E-state index contributed by atoms with van der Waals surface area (Å²) < 4.78 is 27.6. The van der Waals surface area contributed by atoms with Crippen molar-refractivity contribution in [2.24, 2.45) is 11.3 Å². The predicted octanol–water partition coefficient (Wildman–Crippen LogP) is 2.97. The summed E-state index contributed by atoms with van der Waals surface area (Å²) in [5, 5.41) is 5.64. The van der Waals surface area contributed by atoms with Gasteiger partial charge < -0.3 is 10.6 Å². The summed E-state index contributed by atoms with van der Waals surface area (Å²) in [6.45, 7) is 8.52. The molecule has 0 radical (unpaired) electrons. The van der Waals surface area contributed by atoms with Gasteiger partial charge in [-0.3, -0.25) is 14.4 Å². The lowest BCUT2D eigenvalue weighted by Gasteiger charge is -2.43. The van der Waals surface area contributed by atoms with E-state index in [1.54, 1.807) is 6.92 Å². The molecule has 10 heteroatoms. The van der Waals surface area contributed by atoms with Gasteiger partial charge >= 0.3 is 0 Å². The van der Waals surface area contributed by atoms with Crippen LogP contribution in [0.5, 0.6) is 0 Å². The molecule has 0 unspecified atom stereocenters. The third-order valence-electron chi connectivity index (χ3n) is 6.34. The zero-order valence-electron chi connectivity index (χ0n) is 18.9. The normalized spacial score (nSPS) is 19.9. The van der Waals surface area contributed by atoms with Crippen LogP contribution in [0, 0.1) is 18.3 Å². The topological polar surface area (TPSA) is 121 Å². The van der Waals surface area contributed by atoms with E-state index in [9.17, 15) is 22.8 Å². The fourth-order valence-electron chi connectivity index (χ4n) is 4.11. The fraction of sp³-hybridized carbons (Fsp3) is 0.435. The SMILES string of the molecule is Cc1cc(S(=O)(=O)NC(=O)c2ccc3c(c2)CNC3=O)sc1C(=O)NC1CC(C(C)(C)C)C1. The van der Waals surface area contributed by atoms with Gasteiger partial charge in [0.1, 0.15) is 4.21 Å². The van der Waals surface area contributed by atoms with E-state index in [0.29, 0.717) is 34.0 Å². The van der Waals surface area contributed by atoms with Crippen LogP contribution in [0.2, 0.25) is 0 Å². The number of sulfonamides is 1. The number of amides is 3. The van der Waals surface area contributed by atoms with Crippen molar-refractivity contribution in [3.8, 4) is 0 Å². The monoisotopic (exact) mass is 489 g/mol. The first-order valence-electron chi connectivity index (χ1n) is 10.7. The van der Waals surface area contributed by atoms with Crippen LogP contribution in [0.15, 0.2) is 28.5 Å². The van der Waals surface area contributed by atoms with Crippen molar-refractivity contribution in [2.45, 2.75) is 57.3 Å².